The minimum atomic E-state index is 0.525. The summed E-state index contributed by atoms with van der Waals surface area (Å²) in [6, 6.07) is 12.1. The standard InChI is InChI=1S/C16H24N2/c1-2-15(13-6-4-3-5-7-13)17-16-12-18-10-8-14(16)9-11-18/h3-7,14-17H,2,8-12H2,1H3. The lowest BCUT2D eigenvalue weighted by molar-refractivity contribution is 0.0666. The van der Waals surface area contributed by atoms with Gasteiger partial charge in [0, 0.05) is 18.6 Å². The van der Waals surface area contributed by atoms with Crippen LogP contribution in [-0.2, 0) is 0 Å². The highest BCUT2D eigenvalue weighted by Gasteiger charge is 2.34. The molecule has 0 saturated carbocycles. The van der Waals surface area contributed by atoms with Crippen LogP contribution in [0.15, 0.2) is 30.3 Å². The van der Waals surface area contributed by atoms with Gasteiger partial charge < -0.3 is 10.2 Å². The summed E-state index contributed by atoms with van der Waals surface area (Å²) in [6.45, 7) is 6.19. The van der Waals surface area contributed by atoms with E-state index in [9.17, 15) is 0 Å². The molecule has 0 aliphatic carbocycles. The second-order valence-electron chi connectivity index (χ2n) is 5.78. The Labute approximate surface area is 110 Å². The number of piperidine rings is 3. The second kappa shape index (κ2) is 5.41. The van der Waals surface area contributed by atoms with Crippen molar-refractivity contribution in [2.24, 2.45) is 5.92 Å². The lowest BCUT2D eigenvalue weighted by Crippen LogP contribution is -2.56. The van der Waals surface area contributed by atoms with Crippen LogP contribution >= 0.6 is 0 Å². The van der Waals surface area contributed by atoms with E-state index in [1.807, 2.05) is 0 Å². The molecule has 98 valence electrons. The van der Waals surface area contributed by atoms with Crippen LogP contribution in [0.3, 0.4) is 0 Å². The summed E-state index contributed by atoms with van der Waals surface area (Å²) in [5.41, 5.74) is 1.44. The molecule has 0 aromatic heterocycles. The van der Waals surface area contributed by atoms with E-state index in [1.165, 1.54) is 44.5 Å². The minimum absolute atomic E-state index is 0.525. The fraction of sp³-hybridized carbons (Fsp3) is 0.625. The normalized spacial score (nSPS) is 32.4. The molecule has 3 fully saturated rings. The molecule has 0 radical (unpaired) electrons. The van der Waals surface area contributed by atoms with Crippen LogP contribution in [0, 0.1) is 5.92 Å². The summed E-state index contributed by atoms with van der Waals surface area (Å²) in [6.07, 6.45) is 3.96. The zero-order chi connectivity index (χ0) is 12.4. The quantitative estimate of drug-likeness (QED) is 0.876. The van der Waals surface area contributed by atoms with Crippen molar-refractivity contribution in [3.8, 4) is 0 Å². The Bertz CT molecular complexity index is 368. The molecule has 2 heteroatoms. The van der Waals surface area contributed by atoms with Crippen LogP contribution in [-0.4, -0.2) is 30.6 Å². The predicted molar refractivity (Wildman–Crippen MR) is 75.6 cm³/mol. The van der Waals surface area contributed by atoms with Crippen molar-refractivity contribution in [2.45, 2.75) is 38.3 Å². The van der Waals surface area contributed by atoms with Gasteiger partial charge >= 0.3 is 0 Å². The van der Waals surface area contributed by atoms with Crippen molar-refractivity contribution >= 4 is 0 Å². The molecule has 4 rings (SSSR count). The Hall–Kier alpha value is -0.860. The van der Waals surface area contributed by atoms with E-state index in [4.69, 9.17) is 0 Å². The molecule has 0 amide bonds. The third-order valence-corrected chi connectivity index (χ3v) is 4.68. The molecule has 1 aromatic carbocycles. The number of nitrogens with zero attached hydrogens (tertiary/aromatic N) is 1. The van der Waals surface area contributed by atoms with Gasteiger partial charge in [-0.25, -0.2) is 0 Å². The third kappa shape index (κ3) is 2.45. The zero-order valence-electron chi connectivity index (χ0n) is 11.3. The van der Waals surface area contributed by atoms with Crippen molar-refractivity contribution < 1.29 is 0 Å². The Balaban J connectivity index is 1.67. The smallest absolute Gasteiger partial charge is 0.0320 e. The van der Waals surface area contributed by atoms with Gasteiger partial charge in [-0.05, 0) is 43.8 Å². The molecule has 3 heterocycles. The number of benzene rings is 1. The van der Waals surface area contributed by atoms with Gasteiger partial charge in [-0.3, -0.25) is 0 Å². The first-order valence-corrected chi connectivity index (χ1v) is 7.40. The van der Waals surface area contributed by atoms with Crippen LogP contribution < -0.4 is 5.32 Å². The highest BCUT2D eigenvalue weighted by Crippen LogP contribution is 2.29. The molecular formula is C16H24N2. The highest BCUT2D eigenvalue weighted by atomic mass is 15.2. The number of rotatable bonds is 4. The van der Waals surface area contributed by atoms with Crippen molar-refractivity contribution in [2.75, 3.05) is 19.6 Å². The van der Waals surface area contributed by atoms with Gasteiger partial charge in [0.2, 0.25) is 0 Å². The van der Waals surface area contributed by atoms with E-state index < -0.39 is 0 Å². The maximum Gasteiger partial charge on any atom is 0.0320 e. The van der Waals surface area contributed by atoms with Crippen LogP contribution in [0.25, 0.3) is 0 Å². The first-order chi connectivity index (χ1) is 8.86. The number of fused-ring (bicyclic) bond motifs is 3. The van der Waals surface area contributed by atoms with Crippen molar-refractivity contribution in [1.29, 1.82) is 0 Å². The summed E-state index contributed by atoms with van der Waals surface area (Å²) < 4.78 is 0. The monoisotopic (exact) mass is 244 g/mol. The summed E-state index contributed by atoms with van der Waals surface area (Å²) in [5.74, 6) is 0.910. The van der Waals surface area contributed by atoms with Crippen LogP contribution in [0.4, 0.5) is 0 Å². The van der Waals surface area contributed by atoms with E-state index in [-0.39, 0.29) is 0 Å². The van der Waals surface area contributed by atoms with Crippen LogP contribution in [0.5, 0.6) is 0 Å². The van der Waals surface area contributed by atoms with Gasteiger partial charge in [0.25, 0.3) is 0 Å². The van der Waals surface area contributed by atoms with Crippen LogP contribution in [0.2, 0.25) is 0 Å². The van der Waals surface area contributed by atoms with Gasteiger partial charge in [-0.15, -0.1) is 0 Å². The fourth-order valence-corrected chi connectivity index (χ4v) is 3.55. The van der Waals surface area contributed by atoms with Crippen molar-refractivity contribution in [3.05, 3.63) is 35.9 Å². The van der Waals surface area contributed by atoms with Crippen LogP contribution in [0.1, 0.15) is 37.8 Å². The molecule has 2 bridgehead atoms. The van der Waals surface area contributed by atoms with E-state index in [2.05, 4.69) is 47.5 Å². The van der Waals surface area contributed by atoms with E-state index in [0.29, 0.717) is 12.1 Å². The van der Waals surface area contributed by atoms with E-state index in [1.54, 1.807) is 0 Å². The molecule has 3 aliphatic rings. The predicted octanol–water partition coefficient (Wildman–Crippen LogP) is 2.82. The topological polar surface area (TPSA) is 15.3 Å². The van der Waals surface area contributed by atoms with Gasteiger partial charge in [0.15, 0.2) is 0 Å². The third-order valence-electron chi connectivity index (χ3n) is 4.68. The molecule has 1 aromatic rings. The fourth-order valence-electron chi connectivity index (χ4n) is 3.55. The summed E-state index contributed by atoms with van der Waals surface area (Å²) in [4.78, 5) is 2.62. The van der Waals surface area contributed by atoms with E-state index in [0.717, 1.165) is 5.92 Å². The molecule has 3 aliphatic heterocycles. The number of hydrogen-bond acceptors (Lipinski definition) is 2. The largest absolute Gasteiger partial charge is 0.306 e. The lowest BCUT2D eigenvalue weighted by atomic mass is 9.83. The Morgan fingerprint density at radius 2 is 1.94 bits per heavy atom. The Kier molecular flexibility index (Phi) is 3.67. The molecule has 2 atom stereocenters. The second-order valence-corrected chi connectivity index (χ2v) is 5.78. The molecular weight excluding hydrogens is 220 g/mol. The zero-order valence-corrected chi connectivity index (χ0v) is 11.3. The first-order valence-electron chi connectivity index (χ1n) is 7.40. The molecule has 2 unspecified atom stereocenters. The Morgan fingerprint density at radius 3 is 2.50 bits per heavy atom. The van der Waals surface area contributed by atoms with E-state index >= 15 is 0 Å². The maximum atomic E-state index is 3.91. The summed E-state index contributed by atoms with van der Waals surface area (Å²) >= 11 is 0. The first kappa shape index (κ1) is 12.2. The van der Waals surface area contributed by atoms with Crippen molar-refractivity contribution in [3.63, 3.8) is 0 Å². The summed E-state index contributed by atoms with van der Waals surface area (Å²) in [7, 11) is 0. The SMILES string of the molecule is CCC(NC1CN2CCC1CC2)c1ccccc1. The highest BCUT2D eigenvalue weighted by molar-refractivity contribution is 5.19. The van der Waals surface area contributed by atoms with Gasteiger partial charge in [0.1, 0.15) is 0 Å². The minimum Gasteiger partial charge on any atom is -0.306 e. The molecule has 2 nitrogen and oxygen atoms in total. The number of hydrogen-bond donors (Lipinski definition) is 1. The lowest BCUT2D eigenvalue weighted by Gasteiger charge is -2.46. The van der Waals surface area contributed by atoms with Gasteiger partial charge in [-0.2, -0.15) is 0 Å². The molecule has 0 spiro atoms. The molecule has 1 N–H and O–H groups in total. The molecule has 3 saturated heterocycles. The van der Waals surface area contributed by atoms with Gasteiger partial charge in [-0.1, -0.05) is 37.3 Å². The average Bonchev–Trinajstić information content (AvgIpc) is 2.47. The number of nitrogens with one attached hydrogen (secondary N) is 1. The average molecular weight is 244 g/mol. The summed E-state index contributed by atoms with van der Waals surface area (Å²) in [5, 5.41) is 3.91. The Morgan fingerprint density at radius 1 is 1.22 bits per heavy atom. The van der Waals surface area contributed by atoms with Gasteiger partial charge in [0.05, 0.1) is 0 Å². The van der Waals surface area contributed by atoms with Crippen molar-refractivity contribution in [1.82, 2.24) is 10.2 Å². The maximum absolute atomic E-state index is 3.91. The molecule has 18 heavy (non-hydrogen) atoms.